The average Bonchev–Trinajstić information content (AvgIpc) is 2.14. The van der Waals surface area contributed by atoms with Crippen molar-refractivity contribution in [2.24, 2.45) is 0 Å². The number of benzene rings is 1. The van der Waals surface area contributed by atoms with Crippen LogP contribution in [-0.4, -0.2) is 28.3 Å². The van der Waals surface area contributed by atoms with Crippen LogP contribution in [0.15, 0.2) is 12.1 Å². The van der Waals surface area contributed by atoms with Gasteiger partial charge < -0.3 is 4.74 Å². The normalized spacial score (nSPS) is 11.5. The third kappa shape index (κ3) is 4.36. The summed E-state index contributed by atoms with van der Waals surface area (Å²) in [6.45, 7) is 4.39. The monoisotopic (exact) mass is 257 g/mol. The molecule has 5 heteroatoms. The number of rotatable bonds is 5. The van der Waals surface area contributed by atoms with Gasteiger partial charge in [-0.3, -0.25) is 0 Å². The minimum atomic E-state index is -3.12. The van der Waals surface area contributed by atoms with E-state index in [4.69, 9.17) is 4.74 Å². The zero-order valence-corrected chi connectivity index (χ0v) is 11.5. The topological polar surface area (TPSA) is 55.4 Å². The third-order valence-electron chi connectivity index (χ3n) is 2.46. The minimum absolute atomic E-state index is 0.387. The average molecular weight is 257 g/mol. The summed E-state index contributed by atoms with van der Waals surface area (Å²) in [5.74, 6) is 0.839. The van der Waals surface area contributed by atoms with Crippen molar-refractivity contribution >= 4 is 10.0 Å². The molecule has 0 aliphatic heterocycles. The Balaban J connectivity index is 2.83. The molecule has 0 spiro atoms. The highest BCUT2D eigenvalue weighted by Gasteiger charge is 2.08. The van der Waals surface area contributed by atoms with Crippen LogP contribution in [0, 0.1) is 13.8 Å². The lowest BCUT2D eigenvalue weighted by atomic mass is 10.0. The molecule has 17 heavy (non-hydrogen) atoms. The van der Waals surface area contributed by atoms with Crippen molar-refractivity contribution in [1.82, 2.24) is 4.72 Å². The van der Waals surface area contributed by atoms with Gasteiger partial charge in [-0.05, 0) is 31.4 Å². The highest BCUT2D eigenvalue weighted by atomic mass is 32.2. The molecular weight excluding hydrogens is 238 g/mol. The Morgan fingerprint density at radius 1 is 1.29 bits per heavy atom. The van der Waals surface area contributed by atoms with Gasteiger partial charge >= 0.3 is 0 Å². The summed E-state index contributed by atoms with van der Waals surface area (Å²) in [5, 5.41) is 0. The van der Waals surface area contributed by atoms with Crippen LogP contribution in [0.4, 0.5) is 0 Å². The lowest BCUT2D eigenvalue weighted by molar-refractivity contribution is 0.406. The fraction of sp³-hybridized carbons (Fsp3) is 0.500. The Hall–Kier alpha value is -1.07. The second kappa shape index (κ2) is 5.51. The first-order valence-corrected chi connectivity index (χ1v) is 7.31. The molecule has 96 valence electrons. The van der Waals surface area contributed by atoms with Gasteiger partial charge in [0.25, 0.3) is 0 Å². The van der Waals surface area contributed by atoms with Gasteiger partial charge in [-0.2, -0.15) is 0 Å². The lowest BCUT2D eigenvalue weighted by Gasteiger charge is -2.12. The Morgan fingerprint density at radius 3 is 2.47 bits per heavy atom. The molecule has 1 aromatic carbocycles. The van der Waals surface area contributed by atoms with Crippen molar-refractivity contribution in [3.05, 3.63) is 28.8 Å². The van der Waals surface area contributed by atoms with E-state index in [-0.39, 0.29) is 0 Å². The zero-order valence-electron chi connectivity index (χ0n) is 10.7. The van der Waals surface area contributed by atoms with Crippen LogP contribution in [-0.2, 0) is 16.4 Å². The number of hydrogen-bond donors (Lipinski definition) is 1. The molecule has 0 amide bonds. The van der Waals surface area contributed by atoms with E-state index in [0.29, 0.717) is 13.0 Å². The number of nitrogens with one attached hydrogen (secondary N) is 1. The summed E-state index contributed by atoms with van der Waals surface area (Å²) < 4.78 is 29.7. The van der Waals surface area contributed by atoms with Crippen molar-refractivity contribution < 1.29 is 13.2 Å². The minimum Gasteiger partial charge on any atom is -0.496 e. The van der Waals surface area contributed by atoms with Gasteiger partial charge in [0.05, 0.1) is 13.4 Å². The molecule has 1 rings (SSSR count). The first-order chi connectivity index (χ1) is 7.83. The number of sulfonamides is 1. The zero-order chi connectivity index (χ0) is 13.1. The van der Waals surface area contributed by atoms with Crippen molar-refractivity contribution in [3.63, 3.8) is 0 Å². The molecular formula is C12H19NO3S. The highest BCUT2D eigenvalue weighted by Crippen LogP contribution is 2.25. The number of aryl methyl sites for hydroxylation is 2. The Labute approximate surface area is 103 Å². The molecule has 0 heterocycles. The molecule has 0 radical (unpaired) electrons. The van der Waals surface area contributed by atoms with Gasteiger partial charge in [-0.1, -0.05) is 17.7 Å². The van der Waals surface area contributed by atoms with Gasteiger partial charge in [0.15, 0.2) is 0 Å². The Morgan fingerprint density at radius 2 is 1.94 bits per heavy atom. The summed E-state index contributed by atoms with van der Waals surface area (Å²) in [6.07, 6.45) is 1.78. The first-order valence-electron chi connectivity index (χ1n) is 5.42. The predicted octanol–water partition coefficient (Wildman–Crippen LogP) is 1.40. The van der Waals surface area contributed by atoms with Gasteiger partial charge in [0, 0.05) is 6.54 Å². The maximum absolute atomic E-state index is 11.0. The SMILES string of the molecule is COc1c(C)cc(C)cc1CCNS(C)(=O)=O. The maximum atomic E-state index is 11.0. The van der Waals surface area contributed by atoms with Crippen LogP contribution in [0.25, 0.3) is 0 Å². The molecule has 0 saturated carbocycles. The number of hydrogen-bond acceptors (Lipinski definition) is 3. The molecule has 0 atom stereocenters. The van der Waals surface area contributed by atoms with E-state index in [1.807, 2.05) is 26.0 Å². The molecule has 0 saturated heterocycles. The Kier molecular flexibility index (Phi) is 4.54. The second-order valence-corrected chi connectivity index (χ2v) is 6.02. The predicted molar refractivity (Wildman–Crippen MR) is 69.0 cm³/mol. The van der Waals surface area contributed by atoms with Crippen molar-refractivity contribution in [1.29, 1.82) is 0 Å². The van der Waals surface area contributed by atoms with E-state index in [0.717, 1.165) is 28.7 Å². The molecule has 0 aliphatic carbocycles. The molecule has 0 fully saturated rings. The molecule has 0 unspecified atom stereocenters. The summed E-state index contributed by atoms with van der Waals surface area (Å²) in [5.41, 5.74) is 3.25. The van der Waals surface area contributed by atoms with Gasteiger partial charge in [0.2, 0.25) is 10.0 Å². The first kappa shape index (κ1) is 14.0. The summed E-state index contributed by atoms with van der Waals surface area (Å²) in [4.78, 5) is 0. The lowest BCUT2D eigenvalue weighted by Crippen LogP contribution is -2.24. The number of methoxy groups -OCH3 is 1. The van der Waals surface area contributed by atoms with Gasteiger partial charge in [0.1, 0.15) is 5.75 Å². The van der Waals surface area contributed by atoms with E-state index in [1.165, 1.54) is 0 Å². The summed E-state index contributed by atoms with van der Waals surface area (Å²) in [7, 11) is -1.49. The largest absolute Gasteiger partial charge is 0.496 e. The number of ether oxygens (including phenoxy) is 1. The van der Waals surface area contributed by atoms with Crippen LogP contribution in [0.3, 0.4) is 0 Å². The molecule has 0 aliphatic rings. The van der Waals surface area contributed by atoms with Crippen molar-refractivity contribution in [3.8, 4) is 5.75 Å². The van der Waals surface area contributed by atoms with E-state index in [2.05, 4.69) is 4.72 Å². The van der Waals surface area contributed by atoms with E-state index in [1.54, 1.807) is 7.11 Å². The van der Waals surface area contributed by atoms with Crippen molar-refractivity contribution in [2.45, 2.75) is 20.3 Å². The third-order valence-corrected chi connectivity index (χ3v) is 3.19. The summed E-state index contributed by atoms with van der Waals surface area (Å²) >= 11 is 0. The molecule has 4 nitrogen and oxygen atoms in total. The molecule has 0 bridgehead atoms. The van der Waals surface area contributed by atoms with Gasteiger partial charge in [-0.15, -0.1) is 0 Å². The second-order valence-electron chi connectivity index (χ2n) is 4.19. The van der Waals surface area contributed by atoms with E-state index >= 15 is 0 Å². The fourth-order valence-electron chi connectivity index (χ4n) is 1.89. The van der Waals surface area contributed by atoms with Gasteiger partial charge in [-0.25, -0.2) is 13.1 Å². The van der Waals surface area contributed by atoms with Crippen LogP contribution >= 0.6 is 0 Å². The summed E-state index contributed by atoms with van der Waals surface area (Å²) in [6, 6.07) is 4.07. The molecule has 0 aromatic heterocycles. The maximum Gasteiger partial charge on any atom is 0.208 e. The van der Waals surface area contributed by atoms with Crippen LogP contribution in [0.1, 0.15) is 16.7 Å². The standard InChI is InChI=1S/C12H19NO3S/c1-9-7-10(2)12(16-3)11(8-9)5-6-13-17(4,14)15/h7-8,13H,5-6H2,1-4H3. The van der Waals surface area contributed by atoms with E-state index < -0.39 is 10.0 Å². The van der Waals surface area contributed by atoms with Crippen LogP contribution in [0.2, 0.25) is 0 Å². The highest BCUT2D eigenvalue weighted by molar-refractivity contribution is 7.88. The molecule has 1 N–H and O–H groups in total. The quantitative estimate of drug-likeness (QED) is 0.867. The van der Waals surface area contributed by atoms with Crippen molar-refractivity contribution in [2.75, 3.05) is 19.9 Å². The van der Waals surface area contributed by atoms with E-state index in [9.17, 15) is 8.42 Å². The smallest absolute Gasteiger partial charge is 0.208 e. The Bertz CT molecular complexity index is 495. The van der Waals surface area contributed by atoms with Crippen LogP contribution < -0.4 is 9.46 Å². The van der Waals surface area contributed by atoms with Crippen LogP contribution in [0.5, 0.6) is 5.75 Å². The fourth-order valence-corrected chi connectivity index (χ4v) is 2.36. The molecule has 1 aromatic rings.